The first-order chi connectivity index (χ1) is 0. The molecular weight excluding hydrogens is 214 g/mol. The van der Waals surface area contributed by atoms with Crippen molar-refractivity contribution in [3.05, 3.63) is 0 Å². The van der Waals surface area contributed by atoms with Gasteiger partial charge in [0.2, 0.25) is 0 Å². The minimum Gasteiger partial charge on any atom is -0.147 e. The van der Waals surface area contributed by atoms with Gasteiger partial charge in [-0.15, -0.1) is 37.2 Å². The number of hydrogen-bond donors (Lipinski definition) is 0. The average Bonchev–Trinajstić information content (AvgIpc) is 0. The van der Waals surface area contributed by atoms with Gasteiger partial charge < -0.3 is 0 Å². The van der Waals surface area contributed by atoms with Crippen LogP contribution in [0.5, 0.6) is 0 Å². The molecule has 0 unspecified atom stereocenters. The first kappa shape index (κ1) is 46.0. The van der Waals surface area contributed by atoms with Crippen molar-refractivity contribution < 1.29 is 22.4 Å². The van der Waals surface area contributed by atoms with Gasteiger partial charge in [-0.05, 0) is 0 Å². The number of hydrogen-bond acceptors (Lipinski definition) is 0. The third-order valence-corrected chi connectivity index (χ3v) is 0. The second-order valence-corrected chi connectivity index (χ2v) is 0. The Morgan fingerprint density at radius 3 is 0.500 bits per heavy atom. The van der Waals surface area contributed by atoms with E-state index in [2.05, 4.69) is 0 Å². The zero-order chi connectivity index (χ0) is 0. The van der Waals surface area contributed by atoms with Gasteiger partial charge in [0.15, 0.2) is 0 Å². The molecule has 0 spiro atoms. The van der Waals surface area contributed by atoms with Crippen LogP contribution in [0.15, 0.2) is 0 Å². The van der Waals surface area contributed by atoms with Crippen LogP contribution in [0.1, 0.15) is 0 Å². The fourth-order valence-electron chi connectivity index (χ4n) is 0. The summed E-state index contributed by atoms with van der Waals surface area (Å²) in [5, 5.41) is 0. The quantitative estimate of drug-likeness (QED) is 0.536. The van der Waals surface area contributed by atoms with Crippen LogP contribution in [0.25, 0.3) is 0 Å². The van der Waals surface area contributed by atoms with Gasteiger partial charge in [-0.2, -0.15) is 0 Å². The molecule has 1 radical (unpaired) electrons. The molecule has 0 aromatic carbocycles. The van der Waals surface area contributed by atoms with Crippen LogP contribution >= 0.6 is 37.2 Å². The zero-order valence-electron chi connectivity index (χ0n) is 1.53. The number of halogens is 3. The Balaban J connectivity index is 0. The van der Waals surface area contributed by atoms with E-state index in [9.17, 15) is 0 Å². The predicted molar refractivity (Wildman–Crippen MR) is 21.7 cm³/mol. The van der Waals surface area contributed by atoms with Crippen molar-refractivity contribution in [1.82, 2.24) is 0 Å². The molecular formula is H3AgCl3. The molecule has 0 aromatic heterocycles. The fraction of sp³-hybridized carbons (Fsp3) is 0. The topological polar surface area (TPSA) is 0 Å². The van der Waals surface area contributed by atoms with Crippen LogP contribution in [0.2, 0.25) is 0 Å². The molecule has 0 bridgehead atoms. The standard InChI is InChI=1S/Ag.3ClH/h;3*1H. The van der Waals surface area contributed by atoms with Crippen LogP contribution in [-0.4, -0.2) is 0 Å². The number of rotatable bonds is 0. The molecule has 0 heterocycles. The van der Waals surface area contributed by atoms with E-state index in [0.29, 0.717) is 0 Å². The van der Waals surface area contributed by atoms with E-state index in [1.807, 2.05) is 0 Å². The molecule has 4 heteroatoms. The molecule has 0 fully saturated rings. The summed E-state index contributed by atoms with van der Waals surface area (Å²) in [6.07, 6.45) is 0. The largest absolute Gasteiger partial charge is 0.147 e. The summed E-state index contributed by atoms with van der Waals surface area (Å²) in [5.41, 5.74) is 0. The first-order valence-electron chi connectivity index (χ1n) is 0. The third-order valence-electron chi connectivity index (χ3n) is 0. The Morgan fingerprint density at radius 2 is 0.500 bits per heavy atom. The predicted octanol–water partition coefficient (Wildman–Crippen LogP) is 1.26. The Morgan fingerprint density at radius 1 is 0.500 bits per heavy atom. The Bertz CT molecular complexity index is 3.25. The molecule has 0 aromatic rings. The van der Waals surface area contributed by atoms with Crippen molar-refractivity contribution in [3.8, 4) is 0 Å². The molecule has 0 aliphatic rings. The van der Waals surface area contributed by atoms with Crippen LogP contribution in [-0.2, 0) is 22.4 Å². The molecule has 0 saturated heterocycles. The van der Waals surface area contributed by atoms with Gasteiger partial charge in [0.25, 0.3) is 0 Å². The van der Waals surface area contributed by atoms with Crippen molar-refractivity contribution in [2.45, 2.75) is 0 Å². The Hall–Kier alpha value is 1.61. The zero-order valence-corrected chi connectivity index (χ0v) is 5.46. The molecule has 0 N–H and O–H groups in total. The van der Waals surface area contributed by atoms with Gasteiger partial charge in [-0.3, -0.25) is 0 Å². The maximum absolute atomic E-state index is 0. The van der Waals surface area contributed by atoms with E-state index in [0.717, 1.165) is 0 Å². The third kappa shape index (κ3) is 9.49. The maximum Gasteiger partial charge on any atom is 0 e. The molecule has 4 heavy (non-hydrogen) atoms. The monoisotopic (exact) mass is 215 g/mol. The van der Waals surface area contributed by atoms with Crippen LogP contribution < -0.4 is 0 Å². The summed E-state index contributed by atoms with van der Waals surface area (Å²) in [5.74, 6) is 0. The Kier molecular flexibility index (Phi) is 266. The van der Waals surface area contributed by atoms with E-state index in [4.69, 9.17) is 0 Å². The summed E-state index contributed by atoms with van der Waals surface area (Å²) in [6.45, 7) is 0. The Labute approximate surface area is 59.5 Å². The van der Waals surface area contributed by atoms with Crippen molar-refractivity contribution in [2.75, 3.05) is 0 Å². The maximum atomic E-state index is 0. The van der Waals surface area contributed by atoms with Crippen molar-refractivity contribution in [3.63, 3.8) is 0 Å². The molecule has 0 aliphatic carbocycles. The minimum atomic E-state index is 0. The van der Waals surface area contributed by atoms with Crippen molar-refractivity contribution in [2.24, 2.45) is 0 Å². The SMILES string of the molecule is Cl.Cl.Cl.[Ag]. The van der Waals surface area contributed by atoms with Gasteiger partial charge in [0.05, 0.1) is 0 Å². The van der Waals surface area contributed by atoms with E-state index in [-0.39, 0.29) is 59.6 Å². The summed E-state index contributed by atoms with van der Waals surface area (Å²) in [7, 11) is 0. The second-order valence-electron chi connectivity index (χ2n) is 0. The van der Waals surface area contributed by atoms with Crippen LogP contribution in [0.4, 0.5) is 0 Å². The van der Waals surface area contributed by atoms with Crippen molar-refractivity contribution >= 4 is 37.2 Å². The van der Waals surface area contributed by atoms with Gasteiger partial charge >= 0.3 is 0 Å². The van der Waals surface area contributed by atoms with Crippen LogP contribution in [0.3, 0.4) is 0 Å². The minimum absolute atomic E-state index is 0. The molecule has 0 saturated carbocycles. The molecule has 0 amide bonds. The summed E-state index contributed by atoms with van der Waals surface area (Å²) in [6, 6.07) is 0. The summed E-state index contributed by atoms with van der Waals surface area (Å²) < 4.78 is 0. The summed E-state index contributed by atoms with van der Waals surface area (Å²) >= 11 is 0. The normalized spacial score (nSPS) is 0. The van der Waals surface area contributed by atoms with Gasteiger partial charge in [-0.25, -0.2) is 0 Å². The van der Waals surface area contributed by atoms with E-state index in [1.54, 1.807) is 0 Å². The average molecular weight is 217 g/mol. The van der Waals surface area contributed by atoms with Gasteiger partial charge in [0, 0.05) is 22.4 Å². The molecule has 0 atom stereocenters. The van der Waals surface area contributed by atoms with E-state index < -0.39 is 0 Å². The fourth-order valence-corrected chi connectivity index (χ4v) is 0. The molecule has 0 aliphatic heterocycles. The molecule has 35 valence electrons. The second kappa shape index (κ2) is 23.2. The smallest absolute Gasteiger partial charge is 0 e. The first-order valence-corrected chi connectivity index (χ1v) is 0. The van der Waals surface area contributed by atoms with Crippen molar-refractivity contribution in [1.29, 1.82) is 0 Å². The van der Waals surface area contributed by atoms with E-state index >= 15 is 0 Å². The van der Waals surface area contributed by atoms with Gasteiger partial charge in [-0.1, -0.05) is 0 Å². The molecule has 0 rings (SSSR count). The van der Waals surface area contributed by atoms with Crippen LogP contribution in [0, 0.1) is 0 Å². The van der Waals surface area contributed by atoms with Gasteiger partial charge in [0.1, 0.15) is 0 Å². The summed E-state index contributed by atoms with van der Waals surface area (Å²) in [4.78, 5) is 0. The molecule has 0 nitrogen and oxygen atoms in total. The van der Waals surface area contributed by atoms with E-state index in [1.165, 1.54) is 0 Å².